The SMILES string of the molecule is c1ccc(-n2c3ccccc3c3cc(-c4ccc5c(c4)c4ccccc4n5-c4ccc5c(c4)-c4ccnc6nccc-5c46)ccc32)cc1. The van der Waals surface area contributed by atoms with Gasteiger partial charge in [0.25, 0.3) is 0 Å². The lowest BCUT2D eigenvalue weighted by atomic mass is 10.0. The van der Waals surface area contributed by atoms with Gasteiger partial charge in [-0.25, -0.2) is 9.97 Å². The molecule has 0 unspecified atom stereocenters. The fraction of sp³-hybridized carbons (Fsp3) is 0. The molecule has 4 aromatic heterocycles. The van der Waals surface area contributed by atoms with E-state index in [9.17, 15) is 0 Å². The Morgan fingerprint density at radius 1 is 0.354 bits per heavy atom. The van der Waals surface area contributed by atoms with Crippen LogP contribution >= 0.6 is 0 Å². The number of pyridine rings is 2. The highest BCUT2D eigenvalue weighted by atomic mass is 15.0. The highest BCUT2D eigenvalue weighted by Crippen LogP contribution is 2.47. The Kier molecular flexibility index (Phi) is 5.08. The molecule has 6 aromatic carbocycles. The van der Waals surface area contributed by atoms with E-state index in [-0.39, 0.29) is 0 Å². The molecule has 222 valence electrons. The first-order valence-corrected chi connectivity index (χ1v) is 16.3. The van der Waals surface area contributed by atoms with E-state index in [0.29, 0.717) is 0 Å². The molecule has 4 heteroatoms. The Balaban J connectivity index is 1.10. The quantitative estimate of drug-likeness (QED) is 0.199. The maximum absolute atomic E-state index is 4.54. The number of hydrogen-bond acceptors (Lipinski definition) is 2. The first kappa shape index (κ1) is 25.6. The summed E-state index contributed by atoms with van der Waals surface area (Å²) in [6.07, 6.45) is 3.73. The van der Waals surface area contributed by atoms with E-state index in [1.807, 2.05) is 12.4 Å². The molecule has 0 aliphatic heterocycles. The second-order valence-corrected chi connectivity index (χ2v) is 12.7. The number of hydrogen-bond donors (Lipinski definition) is 0. The number of aromatic nitrogens is 4. The Morgan fingerprint density at radius 3 is 1.54 bits per heavy atom. The van der Waals surface area contributed by atoms with Crippen molar-refractivity contribution >= 4 is 54.6 Å². The molecular formula is C44H26N4. The van der Waals surface area contributed by atoms with Crippen molar-refractivity contribution in [2.45, 2.75) is 0 Å². The number of fused-ring (bicyclic) bond motifs is 9. The maximum atomic E-state index is 4.54. The lowest BCUT2D eigenvalue weighted by Gasteiger charge is -2.11. The van der Waals surface area contributed by atoms with Crippen molar-refractivity contribution in [3.63, 3.8) is 0 Å². The standard InChI is InChI=1S/C44H26N4/c1-2-8-29(9-3-1)47-39-12-6-4-10-32(39)37-24-27(14-18-41(37)47)28-15-19-42-38(25-28)33-11-5-7-13-40(33)48(42)30-16-17-31-34-20-22-45-44-43(34)35(21-23-46-44)36(31)26-30/h1-26H. The average molecular weight is 611 g/mol. The van der Waals surface area contributed by atoms with Crippen molar-refractivity contribution < 1.29 is 0 Å². The van der Waals surface area contributed by atoms with Crippen molar-refractivity contribution in [1.82, 2.24) is 19.1 Å². The summed E-state index contributed by atoms with van der Waals surface area (Å²) in [6, 6.07) is 53.0. The topological polar surface area (TPSA) is 35.6 Å². The van der Waals surface area contributed by atoms with Gasteiger partial charge in [0.05, 0.1) is 22.1 Å². The molecule has 0 saturated heterocycles. The molecule has 10 aromatic rings. The van der Waals surface area contributed by atoms with Gasteiger partial charge in [-0.05, 0) is 106 Å². The molecule has 0 saturated carbocycles. The summed E-state index contributed by atoms with van der Waals surface area (Å²) in [6.45, 7) is 0. The van der Waals surface area contributed by atoms with Crippen LogP contribution in [0, 0.1) is 0 Å². The van der Waals surface area contributed by atoms with E-state index >= 15 is 0 Å². The van der Waals surface area contributed by atoms with E-state index < -0.39 is 0 Å². The lowest BCUT2D eigenvalue weighted by Crippen LogP contribution is -1.94. The van der Waals surface area contributed by atoms with Gasteiger partial charge in [-0.3, -0.25) is 0 Å². The molecule has 0 bridgehead atoms. The first-order chi connectivity index (χ1) is 23.8. The summed E-state index contributed by atoms with van der Waals surface area (Å²) in [5.41, 5.74) is 15.2. The number of nitrogens with zero attached hydrogens (tertiary/aromatic N) is 4. The molecule has 0 spiro atoms. The monoisotopic (exact) mass is 610 g/mol. The molecule has 0 amide bonds. The highest BCUT2D eigenvalue weighted by molar-refractivity contribution is 6.15. The average Bonchev–Trinajstić information content (AvgIpc) is 3.78. The van der Waals surface area contributed by atoms with Crippen molar-refractivity contribution in [2.75, 3.05) is 0 Å². The van der Waals surface area contributed by atoms with Gasteiger partial charge in [-0.2, -0.15) is 0 Å². The van der Waals surface area contributed by atoms with E-state index in [2.05, 4.69) is 165 Å². The van der Waals surface area contributed by atoms with Crippen LogP contribution in [-0.4, -0.2) is 19.1 Å². The van der Waals surface area contributed by atoms with Crippen LogP contribution in [0.1, 0.15) is 0 Å². The molecular weight excluding hydrogens is 585 g/mol. The zero-order valence-electron chi connectivity index (χ0n) is 25.8. The largest absolute Gasteiger partial charge is 0.309 e. The molecule has 0 radical (unpaired) electrons. The van der Waals surface area contributed by atoms with E-state index in [1.54, 1.807) is 0 Å². The Morgan fingerprint density at radius 2 is 0.896 bits per heavy atom. The van der Waals surface area contributed by atoms with Crippen LogP contribution in [0.2, 0.25) is 0 Å². The molecule has 0 N–H and O–H groups in total. The summed E-state index contributed by atoms with van der Waals surface area (Å²) in [5, 5.41) is 6.15. The van der Waals surface area contributed by atoms with Gasteiger partial charge in [0.2, 0.25) is 0 Å². The van der Waals surface area contributed by atoms with Gasteiger partial charge in [0, 0.05) is 50.7 Å². The Labute approximate surface area is 275 Å². The molecule has 4 nitrogen and oxygen atoms in total. The number of benzene rings is 6. The Bertz CT molecular complexity index is 2940. The fourth-order valence-electron chi connectivity index (χ4n) is 8.10. The third-order valence-corrected chi connectivity index (χ3v) is 10.2. The van der Waals surface area contributed by atoms with Crippen LogP contribution in [-0.2, 0) is 0 Å². The van der Waals surface area contributed by atoms with E-state index in [4.69, 9.17) is 0 Å². The van der Waals surface area contributed by atoms with Gasteiger partial charge in [0.15, 0.2) is 5.65 Å². The Hall–Kier alpha value is -6.52. The minimum atomic E-state index is 0.801. The fourth-order valence-corrected chi connectivity index (χ4v) is 8.10. The zero-order valence-corrected chi connectivity index (χ0v) is 25.8. The minimum absolute atomic E-state index is 0.801. The van der Waals surface area contributed by atoms with Crippen LogP contribution in [0.25, 0.3) is 99.4 Å². The molecule has 0 atom stereocenters. The van der Waals surface area contributed by atoms with E-state index in [0.717, 1.165) is 16.7 Å². The zero-order chi connectivity index (χ0) is 31.3. The molecule has 1 aliphatic carbocycles. The number of para-hydroxylation sites is 3. The minimum Gasteiger partial charge on any atom is -0.309 e. The summed E-state index contributed by atoms with van der Waals surface area (Å²) in [7, 11) is 0. The summed E-state index contributed by atoms with van der Waals surface area (Å²) < 4.78 is 4.78. The van der Waals surface area contributed by atoms with Crippen molar-refractivity contribution in [1.29, 1.82) is 0 Å². The van der Waals surface area contributed by atoms with Crippen LogP contribution in [0.5, 0.6) is 0 Å². The molecule has 11 rings (SSSR count). The van der Waals surface area contributed by atoms with Gasteiger partial charge < -0.3 is 9.13 Å². The van der Waals surface area contributed by atoms with Gasteiger partial charge in [-0.1, -0.05) is 72.8 Å². The second kappa shape index (κ2) is 9.50. The number of rotatable bonds is 3. The first-order valence-electron chi connectivity index (χ1n) is 16.3. The molecule has 0 fully saturated rings. The molecule has 1 aliphatic rings. The molecule has 48 heavy (non-hydrogen) atoms. The summed E-state index contributed by atoms with van der Waals surface area (Å²) >= 11 is 0. The third kappa shape index (κ3) is 3.43. The third-order valence-electron chi connectivity index (χ3n) is 10.2. The highest BCUT2D eigenvalue weighted by Gasteiger charge is 2.24. The van der Waals surface area contributed by atoms with Crippen molar-refractivity contribution in [2.24, 2.45) is 0 Å². The van der Waals surface area contributed by atoms with Crippen LogP contribution in [0.15, 0.2) is 158 Å². The van der Waals surface area contributed by atoms with Gasteiger partial charge in [-0.15, -0.1) is 0 Å². The summed E-state index contributed by atoms with van der Waals surface area (Å²) in [5.74, 6) is 0. The van der Waals surface area contributed by atoms with Crippen molar-refractivity contribution in [3.05, 3.63) is 158 Å². The smallest absolute Gasteiger partial charge is 0.160 e. The predicted octanol–water partition coefficient (Wildman–Crippen LogP) is 11.1. The maximum Gasteiger partial charge on any atom is 0.160 e. The predicted molar refractivity (Wildman–Crippen MR) is 198 cm³/mol. The molecule has 4 heterocycles. The van der Waals surface area contributed by atoms with Crippen LogP contribution < -0.4 is 0 Å². The normalized spacial score (nSPS) is 12.2. The summed E-state index contributed by atoms with van der Waals surface area (Å²) in [4.78, 5) is 9.08. The van der Waals surface area contributed by atoms with Gasteiger partial charge in [0.1, 0.15) is 0 Å². The van der Waals surface area contributed by atoms with Crippen LogP contribution in [0.4, 0.5) is 0 Å². The van der Waals surface area contributed by atoms with Crippen LogP contribution in [0.3, 0.4) is 0 Å². The second-order valence-electron chi connectivity index (χ2n) is 12.7. The van der Waals surface area contributed by atoms with Crippen molar-refractivity contribution in [3.8, 4) is 44.8 Å². The van der Waals surface area contributed by atoms with E-state index in [1.165, 1.54) is 82.7 Å². The van der Waals surface area contributed by atoms with Gasteiger partial charge >= 0.3 is 0 Å². The lowest BCUT2D eigenvalue weighted by molar-refractivity contribution is 1.18.